The Hall–Kier alpha value is -3.36. The van der Waals surface area contributed by atoms with Crippen LogP contribution in [0.2, 0.25) is 0 Å². The summed E-state index contributed by atoms with van der Waals surface area (Å²) in [7, 11) is 0. The summed E-state index contributed by atoms with van der Waals surface area (Å²) in [4.78, 5) is 36.9. The predicted molar refractivity (Wildman–Crippen MR) is 90.8 cm³/mol. The molecule has 0 saturated heterocycles. The predicted octanol–water partition coefficient (Wildman–Crippen LogP) is -2.48. The molecule has 0 aliphatic carbocycles. The second kappa shape index (κ2) is 8.84. The van der Waals surface area contributed by atoms with E-state index in [1.54, 1.807) is 0 Å². The van der Waals surface area contributed by atoms with E-state index >= 15 is 0 Å². The Morgan fingerprint density at radius 2 is 1.93 bits per heavy atom. The normalized spacial score (nSPS) is 10.8. The van der Waals surface area contributed by atoms with Gasteiger partial charge in [-0.05, 0) is 0 Å². The van der Waals surface area contributed by atoms with Crippen molar-refractivity contribution in [2.45, 2.75) is 12.8 Å². The molecular formula is C13H17FN8O5. The summed E-state index contributed by atoms with van der Waals surface area (Å²) in [6.45, 7) is -0.614. The van der Waals surface area contributed by atoms with Crippen molar-refractivity contribution in [3.05, 3.63) is 39.2 Å². The SMILES string of the molecule is Nc1[nH]c(=O)ncc1F.Nc1nc2c(ncn2COC(CO)CO)c(=O)[nH]1. The highest BCUT2D eigenvalue weighted by atomic mass is 19.1. The highest BCUT2D eigenvalue weighted by molar-refractivity contribution is 5.70. The van der Waals surface area contributed by atoms with E-state index in [2.05, 4.69) is 19.9 Å². The van der Waals surface area contributed by atoms with Gasteiger partial charge in [0, 0.05) is 0 Å². The van der Waals surface area contributed by atoms with Crippen LogP contribution in [0.25, 0.3) is 11.2 Å². The number of nitrogens with two attached hydrogens (primary N) is 2. The zero-order valence-electron chi connectivity index (χ0n) is 13.8. The average molecular weight is 384 g/mol. The number of aromatic nitrogens is 6. The molecule has 146 valence electrons. The van der Waals surface area contributed by atoms with Crippen molar-refractivity contribution in [1.82, 2.24) is 29.5 Å². The zero-order valence-corrected chi connectivity index (χ0v) is 13.8. The van der Waals surface area contributed by atoms with Gasteiger partial charge < -0.3 is 26.4 Å². The van der Waals surface area contributed by atoms with Gasteiger partial charge in [0.2, 0.25) is 5.95 Å². The topological polar surface area (TPSA) is 211 Å². The number of halogens is 1. The number of nitrogen functional groups attached to an aromatic ring is 2. The van der Waals surface area contributed by atoms with Crippen molar-refractivity contribution in [1.29, 1.82) is 0 Å². The Kier molecular flexibility index (Phi) is 6.53. The number of nitrogens with zero attached hydrogens (tertiary/aromatic N) is 4. The van der Waals surface area contributed by atoms with Crippen LogP contribution in [0.1, 0.15) is 0 Å². The van der Waals surface area contributed by atoms with Gasteiger partial charge in [0.1, 0.15) is 18.7 Å². The van der Waals surface area contributed by atoms with E-state index in [1.165, 1.54) is 10.9 Å². The molecular weight excluding hydrogens is 367 g/mol. The average Bonchev–Trinajstić information content (AvgIpc) is 3.03. The largest absolute Gasteiger partial charge is 0.394 e. The van der Waals surface area contributed by atoms with Crippen molar-refractivity contribution in [2.75, 3.05) is 24.7 Å². The summed E-state index contributed by atoms with van der Waals surface area (Å²) in [6.07, 6.45) is 1.45. The molecule has 3 heterocycles. The molecule has 14 heteroatoms. The number of ether oxygens (including phenoxy) is 1. The standard InChI is InChI=1S/C9H13N5O4.C4H4FN3O/c10-9-12-7-6(8(17)13-9)11-3-14(7)4-18-5(1-15)2-16;5-2-1-7-4(9)8-3(2)6/h3,5,15-16H,1-2,4H2,(H3,10,12,13,17);1H,(H3,6,7,8,9). The summed E-state index contributed by atoms with van der Waals surface area (Å²) in [5.74, 6) is -1.01. The second-order valence-electron chi connectivity index (χ2n) is 5.07. The molecule has 3 rings (SSSR count). The summed E-state index contributed by atoms with van der Waals surface area (Å²) in [5, 5.41) is 17.7. The van der Waals surface area contributed by atoms with Gasteiger partial charge >= 0.3 is 5.69 Å². The van der Waals surface area contributed by atoms with Crippen LogP contribution in [0.4, 0.5) is 16.2 Å². The monoisotopic (exact) mass is 384 g/mol. The highest BCUT2D eigenvalue weighted by Crippen LogP contribution is 2.07. The van der Waals surface area contributed by atoms with Gasteiger partial charge in [-0.1, -0.05) is 0 Å². The van der Waals surface area contributed by atoms with E-state index < -0.39 is 23.2 Å². The molecule has 0 unspecified atom stereocenters. The smallest absolute Gasteiger partial charge is 0.346 e. The van der Waals surface area contributed by atoms with Crippen molar-refractivity contribution in [3.63, 3.8) is 0 Å². The fourth-order valence-corrected chi connectivity index (χ4v) is 1.81. The number of aliphatic hydroxyl groups excluding tert-OH is 2. The Morgan fingerprint density at radius 1 is 1.22 bits per heavy atom. The van der Waals surface area contributed by atoms with Crippen molar-refractivity contribution >= 4 is 22.9 Å². The molecule has 3 aromatic heterocycles. The summed E-state index contributed by atoms with van der Waals surface area (Å²) in [6, 6.07) is 0. The van der Waals surface area contributed by atoms with Gasteiger partial charge in [-0.2, -0.15) is 9.97 Å². The lowest BCUT2D eigenvalue weighted by atomic mass is 10.4. The fraction of sp³-hybridized carbons (Fsp3) is 0.308. The number of fused-ring (bicyclic) bond motifs is 1. The number of rotatable bonds is 5. The van der Waals surface area contributed by atoms with Gasteiger partial charge in [-0.15, -0.1) is 0 Å². The van der Waals surface area contributed by atoms with Crippen LogP contribution in [0.5, 0.6) is 0 Å². The van der Waals surface area contributed by atoms with E-state index in [9.17, 15) is 14.0 Å². The van der Waals surface area contributed by atoms with Crippen LogP contribution < -0.4 is 22.7 Å². The molecule has 0 radical (unpaired) electrons. The van der Waals surface area contributed by atoms with Crippen LogP contribution in [-0.4, -0.2) is 59.0 Å². The van der Waals surface area contributed by atoms with E-state index in [0.29, 0.717) is 0 Å². The summed E-state index contributed by atoms with van der Waals surface area (Å²) in [5.41, 5.74) is 9.74. The third-order valence-corrected chi connectivity index (χ3v) is 3.14. The number of hydrogen-bond donors (Lipinski definition) is 6. The maximum atomic E-state index is 12.1. The lowest BCUT2D eigenvalue weighted by Gasteiger charge is -2.12. The molecule has 0 amide bonds. The van der Waals surface area contributed by atoms with E-state index in [0.717, 1.165) is 6.20 Å². The molecule has 3 aromatic rings. The van der Waals surface area contributed by atoms with Gasteiger partial charge in [-0.25, -0.2) is 14.2 Å². The molecule has 13 nitrogen and oxygen atoms in total. The third kappa shape index (κ3) is 5.06. The van der Waals surface area contributed by atoms with E-state index in [4.69, 9.17) is 26.4 Å². The third-order valence-electron chi connectivity index (χ3n) is 3.14. The summed E-state index contributed by atoms with van der Waals surface area (Å²) >= 11 is 0. The van der Waals surface area contributed by atoms with Crippen LogP contribution in [-0.2, 0) is 11.5 Å². The quantitative estimate of drug-likeness (QED) is 0.272. The van der Waals surface area contributed by atoms with Gasteiger partial charge in [-0.3, -0.25) is 19.3 Å². The van der Waals surface area contributed by atoms with Gasteiger partial charge in [0.25, 0.3) is 5.56 Å². The van der Waals surface area contributed by atoms with Crippen molar-refractivity contribution in [3.8, 4) is 0 Å². The molecule has 0 aliphatic heterocycles. The first-order valence-electron chi connectivity index (χ1n) is 7.40. The minimum absolute atomic E-state index is 0.00181. The van der Waals surface area contributed by atoms with Crippen LogP contribution in [0, 0.1) is 5.82 Å². The lowest BCUT2D eigenvalue weighted by Crippen LogP contribution is -2.23. The molecule has 0 bridgehead atoms. The number of nitrogens with one attached hydrogen (secondary N) is 2. The van der Waals surface area contributed by atoms with Crippen molar-refractivity contribution in [2.24, 2.45) is 0 Å². The number of H-pyrrole nitrogens is 2. The molecule has 8 N–H and O–H groups in total. The number of anilines is 2. The second-order valence-corrected chi connectivity index (χ2v) is 5.07. The fourth-order valence-electron chi connectivity index (χ4n) is 1.81. The molecule has 27 heavy (non-hydrogen) atoms. The molecule has 0 atom stereocenters. The van der Waals surface area contributed by atoms with Gasteiger partial charge in [0.15, 0.2) is 17.0 Å². The number of aliphatic hydroxyl groups is 2. The molecule has 0 fully saturated rings. The first-order valence-corrected chi connectivity index (χ1v) is 7.40. The van der Waals surface area contributed by atoms with Gasteiger partial charge in [0.05, 0.1) is 25.7 Å². The highest BCUT2D eigenvalue weighted by Gasteiger charge is 2.11. The maximum absolute atomic E-state index is 12.1. The molecule has 0 aliphatic rings. The van der Waals surface area contributed by atoms with Crippen LogP contribution >= 0.6 is 0 Å². The first-order chi connectivity index (χ1) is 12.8. The lowest BCUT2D eigenvalue weighted by molar-refractivity contribution is -0.0488. The first kappa shape index (κ1) is 20.0. The molecule has 0 saturated carbocycles. The Labute approximate surface area is 149 Å². The number of aromatic amines is 2. The minimum atomic E-state index is -0.713. The Morgan fingerprint density at radius 3 is 2.52 bits per heavy atom. The van der Waals surface area contributed by atoms with Crippen LogP contribution in [0.15, 0.2) is 22.1 Å². The Bertz CT molecular complexity index is 1010. The Balaban J connectivity index is 0.000000244. The zero-order chi connectivity index (χ0) is 20.0. The number of imidazole rings is 1. The number of hydrogen-bond acceptors (Lipinski definition) is 10. The molecule has 0 aromatic carbocycles. The van der Waals surface area contributed by atoms with Crippen molar-refractivity contribution < 1.29 is 19.3 Å². The molecule has 0 spiro atoms. The maximum Gasteiger partial charge on any atom is 0.346 e. The van der Waals surface area contributed by atoms with E-state index in [1.807, 2.05) is 4.98 Å². The minimum Gasteiger partial charge on any atom is -0.394 e. The van der Waals surface area contributed by atoms with E-state index in [-0.39, 0.29) is 42.9 Å². The van der Waals surface area contributed by atoms with Crippen LogP contribution in [0.3, 0.4) is 0 Å². The summed E-state index contributed by atoms with van der Waals surface area (Å²) < 4.78 is 18.8.